The lowest BCUT2D eigenvalue weighted by molar-refractivity contribution is -0.143. The third kappa shape index (κ3) is 6.43. The zero-order chi connectivity index (χ0) is 13.2. The van der Waals surface area contributed by atoms with Crippen molar-refractivity contribution in [2.45, 2.75) is 52.4 Å². The van der Waals surface area contributed by atoms with Crippen LogP contribution in [-0.4, -0.2) is 12.6 Å². The molecule has 0 aliphatic carbocycles. The van der Waals surface area contributed by atoms with Crippen LogP contribution in [0.25, 0.3) is 0 Å². The number of hydrogen-bond acceptors (Lipinski definition) is 2. The summed E-state index contributed by atoms with van der Waals surface area (Å²) in [4.78, 5) is 11.3. The Balaban J connectivity index is 2.05. The largest absolute Gasteiger partial charge is 0.466 e. The van der Waals surface area contributed by atoms with Crippen LogP contribution in [0.2, 0.25) is 0 Å². The van der Waals surface area contributed by atoms with Gasteiger partial charge in [0.2, 0.25) is 0 Å². The fourth-order valence-electron chi connectivity index (χ4n) is 1.77. The summed E-state index contributed by atoms with van der Waals surface area (Å²) in [5.74, 6) is -0.0489. The summed E-state index contributed by atoms with van der Waals surface area (Å²) >= 11 is 0. The lowest BCUT2D eigenvalue weighted by Gasteiger charge is -2.05. The number of benzene rings is 1. The molecule has 2 heteroatoms. The smallest absolute Gasteiger partial charge is 0.305 e. The molecule has 0 unspecified atom stereocenters. The molecule has 0 saturated heterocycles. The average Bonchev–Trinajstić information content (AvgIpc) is 2.38. The lowest BCUT2D eigenvalue weighted by Crippen LogP contribution is -2.05. The van der Waals surface area contributed by atoms with Crippen molar-refractivity contribution in [3.8, 4) is 0 Å². The van der Waals surface area contributed by atoms with Gasteiger partial charge in [0.15, 0.2) is 0 Å². The summed E-state index contributed by atoms with van der Waals surface area (Å²) in [6.45, 7) is 4.74. The van der Waals surface area contributed by atoms with Gasteiger partial charge in [-0.05, 0) is 38.2 Å². The number of ether oxygens (including phenoxy) is 1. The molecule has 0 radical (unpaired) electrons. The van der Waals surface area contributed by atoms with Crippen molar-refractivity contribution in [1.82, 2.24) is 0 Å². The molecule has 0 atom stereocenters. The van der Waals surface area contributed by atoms with E-state index in [0.29, 0.717) is 13.0 Å². The van der Waals surface area contributed by atoms with Gasteiger partial charge in [0.25, 0.3) is 0 Å². The molecule has 2 nitrogen and oxygen atoms in total. The fourth-order valence-corrected chi connectivity index (χ4v) is 1.77. The van der Waals surface area contributed by atoms with E-state index >= 15 is 0 Å². The highest BCUT2D eigenvalue weighted by molar-refractivity contribution is 5.69. The SMILES string of the molecule is CCCCC(=O)OCCCCc1ccc(C)cc1. The first-order valence-electron chi connectivity index (χ1n) is 6.93. The predicted molar refractivity (Wildman–Crippen MR) is 74.6 cm³/mol. The normalized spacial score (nSPS) is 10.3. The van der Waals surface area contributed by atoms with Gasteiger partial charge in [-0.1, -0.05) is 43.2 Å². The van der Waals surface area contributed by atoms with Crippen LogP contribution in [0.4, 0.5) is 0 Å². The van der Waals surface area contributed by atoms with Gasteiger partial charge >= 0.3 is 5.97 Å². The quantitative estimate of drug-likeness (QED) is 0.512. The molecule has 0 spiro atoms. The summed E-state index contributed by atoms with van der Waals surface area (Å²) in [6.07, 6.45) is 5.63. The van der Waals surface area contributed by atoms with Gasteiger partial charge in [-0.2, -0.15) is 0 Å². The standard InChI is InChI=1S/C16H24O2/c1-3-4-8-16(17)18-13-6-5-7-15-11-9-14(2)10-12-15/h9-12H,3-8,13H2,1-2H3. The van der Waals surface area contributed by atoms with Crippen molar-refractivity contribution >= 4 is 5.97 Å². The Morgan fingerprint density at radius 2 is 1.83 bits per heavy atom. The monoisotopic (exact) mass is 248 g/mol. The molecule has 0 amide bonds. The minimum atomic E-state index is -0.0489. The Labute approximate surface area is 110 Å². The fraction of sp³-hybridized carbons (Fsp3) is 0.562. The van der Waals surface area contributed by atoms with Gasteiger partial charge in [0, 0.05) is 6.42 Å². The maximum absolute atomic E-state index is 11.3. The maximum Gasteiger partial charge on any atom is 0.305 e. The van der Waals surface area contributed by atoms with Crippen LogP contribution >= 0.6 is 0 Å². The highest BCUT2D eigenvalue weighted by Crippen LogP contribution is 2.07. The van der Waals surface area contributed by atoms with E-state index in [9.17, 15) is 4.79 Å². The molecule has 0 heterocycles. The molecule has 1 aromatic rings. The lowest BCUT2D eigenvalue weighted by atomic mass is 10.1. The van der Waals surface area contributed by atoms with E-state index in [1.807, 2.05) is 0 Å². The highest BCUT2D eigenvalue weighted by atomic mass is 16.5. The zero-order valence-electron chi connectivity index (χ0n) is 11.6. The molecule has 0 saturated carbocycles. The van der Waals surface area contributed by atoms with Gasteiger partial charge in [-0.25, -0.2) is 0 Å². The van der Waals surface area contributed by atoms with Gasteiger partial charge in [-0.3, -0.25) is 4.79 Å². The highest BCUT2D eigenvalue weighted by Gasteiger charge is 2.01. The molecule has 1 aromatic carbocycles. The molecular formula is C16H24O2. The van der Waals surface area contributed by atoms with E-state index in [1.165, 1.54) is 11.1 Å². The van der Waals surface area contributed by atoms with E-state index in [2.05, 4.69) is 38.1 Å². The van der Waals surface area contributed by atoms with E-state index < -0.39 is 0 Å². The topological polar surface area (TPSA) is 26.3 Å². The second-order valence-electron chi connectivity index (χ2n) is 4.77. The van der Waals surface area contributed by atoms with Crippen LogP contribution in [0.3, 0.4) is 0 Å². The van der Waals surface area contributed by atoms with Crippen LogP contribution in [0.5, 0.6) is 0 Å². The number of carbonyl (C=O) groups excluding carboxylic acids is 1. The van der Waals surface area contributed by atoms with Crippen molar-refractivity contribution in [2.75, 3.05) is 6.61 Å². The Bertz CT molecular complexity index is 341. The average molecular weight is 248 g/mol. The molecular weight excluding hydrogens is 224 g/mol. The third-order valence-corrected chi connectivity index (χ3v) is 2.98. The summed E-state index contributed by atoms with van der Waals surface area (Å²) < 4.78 is 5.16. The maximum atomic E-state index is 11.3. The number of aryl methyl sites for hydroxylation is 2. The van der Waals surface area contributed by atoms with E-state index in [1.54, 1.807) is 0 Å². The van der Waals surface area contributed by atoms with Crippen molar-refractivity contribution in [3.63, 3.8) is 0 Å². The molecule has 0 aliphatic rings. The van der Waals surface area contributed by atoms with Crippen LogP contribution in [0.1, 0.15) is 50.2 Å². The van der Waals surface area contributed by atoms with Gasteiger partial charge in [-0.15, -0.1) is 0 Å². The molecule has 0 aromatic heterocycles. The minimum Gasteiger partial charge on any atom is -0.466 e. The minimum absolute atomic E-state index is 0.0489. The molecule has 0 aliphatic heterocycles. The van der Waals surface area contributed by atoms with Gasteiger partial charge in [0.05, 0.1) is 6.61 Å². The number of unbranched alkanes of at least 4 members (excludes halogenated alkanes) is 2. The second-order valence-corrected chi connectivity index (χ2v) is 4.77. The van der Waals surface area contributed by atoms with Gasteiger partial charge in [0.1, 0.15) is 0 Å². The molecule has 0 N–H and O–H groups in total. The Hall–Kier alpha value is -1.31. The van der Waals surface area contributed by atoms with Crippen LogP contribution in [-0.2, 0) is 16.0 Å². The van der Waals surface area contributed by atoms with E-state index in [-0.39, 0.29) is 5.97 Å². The third-order valence-electron chi connectivity index (χ3n) is 2.98. The second kappa shape index (κ2) is 8.73. The molecule has 100 valence electrons. The number of rotatable bonds is 8. The van der Waals surface area contributed by atoms with E-state index in [0.717, 1.165) is 32.1 Å². The Morgan fingerprint density at radius 3 is 2.50 bits per heavy atom. The Kier molecular flexibility index (Phi) is 7.16. The first kappa shape index (κ1) is 14.7. The summed E-state index contributed by atoms with van der Waals surface area (Å²) in [6, 6.07) is 8.62. The zero-order valence-corrected chi connectivity index (χ0v) is 11.6. The first-order chi connectivity index (χ1) is 8.72. The summed E-state index contributed by atoms with van der Waals surface area (Å²) in [5.41, 5.74) is 2.65. The van der Waals surface area contributed by atoms with Crippen LogP contribution in [0, 0.1) is 6.92 Å². The number of carbonyl (C=O) groups is 1. The number of hydrogen-bond donors (Lipinski definition) is 0. The Morgan fingerprint density at radius 1 is 1.11 bits per heavy atom. The van der Waals surface area contributed by atoms with Gasteiger partial charge < -0.3 is 4.74 Å². The molecule has 18 heavy (non-hydrogen) atoms. The van der Waals surface area contributed by atoms with Crippen molar-refractivity contribution in [2.24, 2.45) is 0 Å². The first-order valence-corrected chi connectivity index (χ1v) is 6.93. The van der Waals surface area contributed by atoms with Crippen LogP contribution in [0.15, 0.2) is 24.3 Å². The van der Waals surface area contributed by atoms with Crippen molar-refractivity contribution < 1.29 is 9.53 Å². The van der Waals surface area contributed by atoms with Crippen molar-refractivity contribution in [1.29, 1.82) is 0 Å². The molecule has 1 rings (SSSR count). The molecule has 0 bridgehead atoms. The molecule has 0 fully saturated rings. The van der Waals surface area contributed by atoms with E-state index in [4.69, 9.17) is 4.74 Å². The van der Waals surface area contributed by atoms with Crippen LogP contribution < -0.4 is 0 Å². The summed E-state index contributed by atoms with van der Waals surface area (Å²) in [7, 11) is 0. The van der Waals surface area contributed by atoms with Crippen molar-refractivity contribution in [3.05, 3.63) is 35.4 Å². The number of esters is 1. The predicted octanol–water partition coefficient (Wildman–Crippen LogP) is 4.05. The summed E-state index contributed by atoms with van der Waals surface area (Å²) in [5, 5.41) is 0.